The largest absolute Gasteiger partial charge is 0.508 e. The highest BCUT2D eigenvalue weighted by Crippen LogP contribution is 2.26. The third-order valence-electron chi connectivity index (χ3n) is 2.55. The molecule has 0 bridgehead atoms. The average Bonchev–Trinajstić information content (AvgIpc) is 2.79. The number of phenolic OH excluding ortho intramolecular Hbond substituents is 1. The number of imidazole rings is 1. The number of aromatic hydroxyl groups is 1. The summed E-state index contributed by atoms with van der Waals surface area (Å²) in [6, 6.07) is 3.10. The number of aryl methyl sites for hydroxylation is 2. The Bertz CT molecular complexity index is 663. The molecule has 0 aliphatic rings. The first-order valence-electron chi connectivity index (χ1n) is 5.21. The molecule has 0 unspecified atom stereocenters. The highest BCUT2D eigenvalue weighted by molar-refractivity contribution is 7.92. The molecular weight excluding hydrogens is 254 g/mol. The number of aromatic nitrogens is 2. The van der Waals surface area contributed by atoms with Crippen LogP contribution in [0.3, 0.4) is 0 Å². The van der Waals surface area contributed by atoms with Crippen LogP contribution in [0.2, 0.25) is 0 Å². The fraction of sp³-hybridized carbons (Fsp3) is 0.182. The van der Waals surface area contributed by atoms with Crippen LogP contribution < -0.4 is 4.72 Å². The van der Waals surface area contributed by atoms with Gasteiger partial charge >= 0.3 is 0 Å². The van der Waals surface area contributed by atoms with Gasteiger partial charge in [-0.05, 0) is 37.1 Å². The quantitative estimate of drug-likeness (QED) is 0.735. The van der Waals surface area contributed by atoms with E-state index in [1.54, 1.807) is 19.9 Å². The second kappa shape index (κ2) is 4.34. The lowest BCUT2D eigenvalue weighted by Gasteiger charge is -2.11. The molecule has 18 heavy (non-hydrogen) atoms. The number of anilines is 1. The molecule has 1 heterocycles. The van der Waals surface area contributed by atoms with Gasteiger partial charge in [-0.15, -0.1) is 0 Å². The summed E-state index contributed by atoms with van der Waals surface area (Å²) < 4.78 is 26.4. The van der Waals surface area contributed by atoms with Crippen molar-refractivity contribution in [2.75, 3.05) is 4.72 Å². The number of H-pyrrole nitrogens is 1. The predicted molar refractivity (Wildman–Crippen MR) is 67.0 cm³/mol. The van der Waals surface area contributed by atoms with Crippen LogP contribution in [0.4, 0.5) is 5.69 Å². The zero-order valence-electron chi connectivity index (χ0n) is 9.93. The van der Waals surface area contributed by atoms with Crippen LogP contribution >= 0.6 is 0 Å². The number of phenols is 1. The molecule has 0 fully saturated rings. The van der Waals surface area contributed by atoms with E-state index in [1.165, 1.54) is 18.6 Å². The van der Waals surface area contributed by atoms with E-state index in [1.807, 2.05) is 0 Å². The normalized spacial score (nSPS) is 11.4. The van der Waals surface area contributed by atoms with Crippen LogP contribution in [0.5, 0.6) is 5.75 Å². The molecule has 0 spiro atoms. The first-order chi connectivity index (χ1) is 8.40. The third-order valence-corrected chi connectivity index (χ3v) is 3.84. The second-order valence-electron chi connectivity index (χ2n) is 3.97. The van der Waals surface area contributed by atoms with Gasteiger partial charge in [-0.25, -0.2) is 4.98 Å². The van der Waals surface area contributed by atoms with Crippen molar-refractivity contribution in [3.05, 3.63) is 35.8 Å². The Labute approximate surface area is 105 Å². The molecule has 0 saturated heterocycles. The van der Waals surface area contributed by atoms with Crippen molar-refractivity contribution >= 4 is 15.7 Å². The Morgan fingerprint density at radius 2 is 2.00 bits per heavy atom. The number of nitrogens with one attached hydrogen (secondary N) is 2. The first kappa shape index (κ1) is 12.4. The molecular formula is C11H13N3O3S. The van der Waals surface area contributed by atoms with Crippen molar-refractivity contribution in [1.29, 1.82) is 0 Å². The van der Waals surface area contributed by atoms with E-state index in [0.717, 1.165) is 0 Å². The van der Waals surface area contributed by atoms with E-state index in [2.05, 4.69) is 14.7 Å². The molecule has 0 atom stereocenters. The average molecular weight is 267 g/mol. The zero-order chi connectivity index (χ0) is 13.3. The summed E-state index contributed by atoms with van der Waals surface area (Å²) in [5.74, 6) is 0.136. The van der Waals surface area contributed by atoms with Gasteiger partial charge in [0.25, 0.3) is 10.0 Å². The Kier molecular flexibility index (Phi) is 3.00. The number of aromatic amines is 1. The van der Waals surface area contributed by atoms with Gasteiger partial charge in [0.15, 0.2) is 5.03 Å². The third kappa shape index (κ3) is 2.30. The minimum absolute atomic E-state index is 0.00683. The van der Waals surface area contributed by atoms with Crippen LogP contribution in [0.1, 0.15) is 11.1 Å². The standard InChI is InChI=1S/C11H13N3O3S/c1-7-4-10(15)8(2)3-9(7)14-18(16,17)11-5-12-6-13-11/h3-6,14-15H,1-2H3,(H,12,13). The molecule has 0 aliphatic heterocycles. The van der Waals surface area contributed by atoms with Gasteiger partial charge in [0, 0.05) is 0 Å². The Hall–Kier alpha value is -2.02. The summed E-state index contributed by atoms with van der Waals surface area (Å²) in [7, 11) is -3.67. The highest BCUT2D eigenvalue weighted by Gasteiger charge is 2.17. The molecule has 2 aromatic rings. The number of hydrogen-bond acceptors (Lipinski definition) is 4. The molecule has 0 aliphatic carbocycles. The molecule has 1 aromatic heterocycles. The molecule has 6 nitrogen and oxygen atoms in total. The lowest BCUT2D eigenvalue weighted by Crippen LogP contribution is -2.14. The summed E-state index contributed by atoms with van der Waals surface area (Å²) in [4.78, 5) is 6.20. The van der Waals surface area contributed by atoms with Crippen LogP contribution in [-0.4, -0.2) is 23.5 Å². The monoisotopic (exact) mass is 267 g/mol. The van der Waals surface area contributed by atoms with Gasteiger partial charge in [-0.2, -0.15) is 8.42 Å². The molecule has 1 aromatic carbocycles. The van der Waals surface area contributed by atoms with Gasteiger partial charge in [-0.3, -0.25) is 4.72 Å². The molecule has 0 saturated carbocycles. The van der Waals surface area contributed by atoms with Gasteiger partial charge in [0.05, 0.1) is 18.2 Å². The van der Waals surface area contributed by atoms with E-state index in [-0.39, 0.29) is 10.8 Å². The van der Waals surface area contributed by atoms with E-state index in [9.17, 15) is 13.5 Å². The van der Waals surface area contributed by atoms with Crippen molar-refractivity contribution in [2.24, 2.45) is 0 Å². The van der Waals surface area contributed by atoms with Gasteiger partial charge in [0.2, 0.25) is 0 Å². The molecule has 3 N–H and O–H groups in total. The topological polar surface area (TPSA) is 95.1 Å². The summed E-state index contributed by atoms with van der Waals surface area (Å²) in [6.07, 6.45) is 2.52. The number of sulfonamides is 1. The summed E-state index contributed by atoms with van der Waals surface area (Å²) >= 11 is 0. The fourth-order valence-electron chi connectivity index (χ4n) is 1.50. The maximum Gasteiger partial charge on any atom is 0.278 e. The number of hydrogen-bond donors (Lipinski definition) is 3. The fourth-order valence-corrected chi connectivity index (χ4v) is 2.53. The summed E-state index contributed by atoms with van der Waals surface area (Å²) in [5, 5.41) is 9.51. The maximum absolute atomic E-state index is 12.0. The Morgan fingerprint density at radius 1 is 1.28 bits per heavy atom. The molecule has 7 heteroatoms. The van der Waals surface area contributed by atoms with E-state index < -0.39 is 10.0 Å². The van der Waals surface area contributed by atoms with Crippen molar-refractivity contribution in [1.82, 2.24) is 9.97 Å². The molecule has 96 valence electrons. The first-order valence-corrected chi connectivity index (χ1v) is 6.70. The van der Waals surface area contributed by atoms with E-state index in [0.29, 0.717) is 16.8 Å². The number of rotatable bonds is 3. The SMILES string of the molecule is Cc1cc(NS(=O)(=O)c2cnc[nH]2)c(C)cc1O. The van der Waals surface area contributed by atoms with E-state index in [4.69, 9.17) is 0 Å². The Morgan fingerprint density at radius 3 is 2.61 bits per heavy atom. The van der Waals surface area contributed by atoms with Crippen molar-refractivity contribution in [3.63, 3.8) is 0 Å². The lowest BCUT2D eigenvalue weighted by molar-refractivity contribution is 0.471. The molecule has 0 radical (unpaired) electrons. The van der Waals surface area contributed by atoms with Crippen LogP contribution in [0.25, 0.3) is 0 Å². The van der Waals surface area contributed by atoms with Crippen LogP contribution in [0, 0.1) is 13.8 Å². The smallest absolute Gasteiger partial charge is 0.278 e. The van der Waals surface area contributed by atoms with Crippen LogP contribution in [-0.2, 0) is 10.0 Å². The minimum atomic E-state index is -3.67. The molecule has 0 amide bonds. The van der Waals surface area contributed by atoms with E-state index >= 15 is 0 Å². The van der Waals surface area contributed by atoms with Crippen LogP contribution in [0.15, 0.2) is 29.7 Å². The van der Waals surface area contributed by atoms with Crippen molar-refractivity contribution < 1.29 is 13.5 Å². The maximum atomic E-state index is 12.0. The van der Waals surface area contributed by atoms with Gasteiger partial charge < -0.3 is 10.1 Å². The number of benzene rings is 1. The highest BCUT2D eigenvalue weighted by atomic mass is 32.2. The lowest BCUT2D eigenvalue weighted by atomic mass is 10.1. The van der Waals surface area contributed by atoms with Crippen molar-refractivity contribution in [3.8, 4) is 5.75 Å². The van der Waals surface area contributed by atoms with Gasteiger partial charge in [-0.1, -0.05) is 0 Å². The summed E-state index contributed by atoms with van der Waals surface area (Å²) in [5.41, 5.74) is 1.67. The second-order valence-corrected chi connectivity index (χ2v) is 5.63. The molecule has 2 rings (SSSR count). The predicted octanol–water partition coefficient (Wildman–Crippen LogP) is 1.53. The Balaban J connectivity index is 2.39. The van der Waals surface area contributed by atoms with Gasteiger partial charge in [0.1, 0.15) is 5.75 Å². The number of nitrogens with zero attached hydrogens (tertiary/aromatic N) is 1. The summed E-state index contributed by atoms with van der Waals surface area (Å²) in [6.45, 7) is 3.41. The minimum Gasteiger partial charge on any atom is -0.508 e. The zero-order valence-corrected chi connectivity index (χ0v) is 10.7. The van der Waals surface area contributed by atoms with Crippen molar-refractivity contribution in [2.45, 2.75) is 18.9 Å².